The Bertz CT molecular complexity index is 1170. The number of hydrogen-bond donors (Lipinski definition) is 4. The molecule has 8 nitrogen and oxygen atoms in total. The van der Waals surface area contributed by atoms with Gasteiger partial charge in [0, 0.05) is 28.9 Å². The highest BCUT2D eigenvalue weighted by Crippen LogP contribution is 2.44. The van der Waals surface area contributed by atoms with Crippen LogP contribution in [0.15, 0.2) is 53.4 Å². The molecule has 8 heteroatoms. The van der Waals surface area contributed by atoms with Crippen LogP contribution in [0.5, 0.6) is 5.75 Å². The molecule has 1 atom stereocenters. The SMILES string of the molecule is COC(=O)NC1=NC=C2C=Cc3c[nH]c4c3C(=CCC4c3ccc(O)c(C)c3)N2N1. The molecule has 0 saturated carbocycles. The smallest absolute Gasteiger partial charge is 0.413 e. The van der Waals surface area contributed by atoms with Gasteiger partial charge in [-0.3, -0.25) is 15.8 Å². The number of carbonyl (C=O) groups excluding carboxylic acids is 1. The first-order chi connectivity index (χ1) is 14.5. The van der Waals surface area contributed by atoms with Crippen LogP contribution < -0.4 is 10.7 Å². The van der Waals surface area contributed by atoms with Gasteiger partial charge in [-0.1, -0.05) is 24.3 Å². The molecule has 0 spiro atoms. The van der Waals surface area contributed by atoms with Gasteiger partial charge in [-0.05, 0) is 36.6 Å². The number of aromatic nitrogens is 1. The molecule has 3 aliphatic rings. The van der Waals surface area contributed by atoms with E-state index in [-0.39, 0.29) is 11.9 Å². The Kier molecular flexibility index (Phi) is 4.13. The number of aromatic hydroxyl groups is 1. The third-order valence-corrected chi connectivity index (χ3v) is 5.60. The van der Waals surface area contributed by atoms with E-state index in [1.54, 1.807) is 12.3 Å². The van der Waals surface area contributed by atoms with Gasteiger partial charge in [-0.15, -0.1) is 0 Å². The number of phenols is 1. The van der Waals surface area contributed by atoms with Crippen LogP contribution in [0.25, 0.3) is 11.8 Å². The molecule has 1 aromatic carbocycles. The van der Waals surface area contributed by atoms with Crippen LogP contribution in [0.2, 0.25) is 0 Å². The zero-order valence-corrected chi connectivity index (χ0v) is 16.6. The van der Waals surface area contributed by atoms with Crippen molar-refractivity contribution in [2.45, 2.75) is 19.3 Å². The number of carbonyl (C=O) groups is 1. The normalized spacial score (nSPS) is 18.8. The van der Waals surface area contributed by atoms with Crippen LogP contribution in [0.1, 0.15) is 40.3 Å². The number of alkyl carbamates (subject to hydrolysis) is 1. The van der Waals surface area contributed by atoms with Crippen LogP contribution in [-0.2, 0) is 4.74 Å². The van der Waals surface area contributed by atoms with Crippen molar-refractivity contribution < 1.29 is 14.6 Å². The lowest BCUT2D eigenvalue weighted by molar-refractivity contribution is 0.176. The number of benzene rings is 1. The van der Waals surface area contributed by atoms with Crippen LogP contribution in [-0.4, -0.2) is 34.3 Å². The van der Waals surface area contributed by atoms with Crippen molar-refractivity contribution in [2.75, 3.05) is 7.11 Å². The van der Waals surface area contributed by atoms with Gasteiger partial charge in [0.1, 0.15) is 5.75 Å². The Morgan fingerprint density at radius 2 is 2.23 bits per heavy atom. The van der Waals surface area contributed by atoms with Gasteiger partial charge in [0.25, 0.3) is 0 Å². The van der Waals surface area contributed by atoms with Crippen LogP contribution in [0.3, 0.4) is 0 Å². The molecule has 1 aliphatic carbocycles. The zero-order chi connectivity index (χ0) is 20.8. The zero-order valence-electron chi connectivity index (χ0n) is 16.6. The first-order valence-electron chi connectivity index (χ1n) is 9.64. The van der Waals surface area contributed by atoms with Crippen molar-refractivity contribution in [3.63, 3.8) is 0 Å². The van der Waals surface area contributed by atoms with E-state index in [1.165, 1.54) is 7.11 Å². The van der Waals surface area contributed by atoms with E-state index in [2.05, 4.69) is 37.6 Å². The standard InChI is InChI=1S/C22H21N5O3/c1-12-9-13(4-8-18(12)28)16-6-7-17-19-14(10-23-20(16)19)3-5-15-11-24-21(26-27(15)17)25-22(29)30-2/h3-5,7-11,16,23,28H,6H2,1-2H3,(H2,24,25,26,29). The maximum atomic E-state index is 11.6. The number of hydrazine groups is 1. The Labute approximate surface area is 173 Å². The second-order valence-electron chi connectivity index (χ2n) is 7.39. The molecule has 0 fully saturated rings. The summed E-state index contributed by atoms with van der Waals surface area (Å²) in [4.78, 5) is 19.3. The quantitative estimate of drug-likeness (QED) is 0.585. The Hall–Kier alpha value is -3.94. The fourth-order valence-electron chi connectivity index (χ4n) is 4.09. The molecule has 1 unspecified atom stereocenters. The number of guanidine groups is 1. The number of nitrogens with zero attached hydrogens (tertiary/aromatic N) is 2. The number of aliphatic imine (C=N–C) groups is 1. The molecule has 1 amide bonds. The topological polar surface area (TPSA) is 102 Å². The van der Waals surface area contributed by atoms with Gasteiger partial charge in [-0.2, -0.15) is 0 Å². The van der Waals surface area contributed by atoms with Gasteiger partial charge >= 0.3 is 6.09 Å². The number of hydrogen-bond acceptors (Lipinski definition) is 6. The Balaban J connectivity index is 1.53. The van der Waals surface area contributed by atoms with Gasteiger partial charge in [-0.25, -0.2) is 9.79 Å². The number of rotatable bonds is 1. The summed E-state index contributed by atoms with van der Waals surface area (Å²) >= 11 is 0. The van der Waals surface area contributed by atoms with E-state index >= 15 is 0 Å². The summed E-state index contributed by atoms with van der Waals surface area (Å²) in [6, 6.07) is 5.76. The van der Waals surface area contributed by atoms with E-state index in [4.69, 9.17) is 0 Å². The largest absolute Gasteiger partial charge is 0.508 e. The highest BCUT2D eigenvalue weighted by atomic mass is 16.5. The second-order valence-corrected chi connectivity index (χ2v) is 7.39. The molecule has 30 heavy (non-hydrogen) atoms. The van der Waals surface area contributed by atoms with E-state index < -0.39 is 6.09 Å². The summed E-state index contributed by atoms with van der Waals surface area (Å²) in [5, 5.41) is 14.4. The van der Waals surface area contributed by atoms with Gasteiger partial charge < -0.3 is 14.8 Å². The Morgan fingerprint density at radius 1 is 1.37 bits per heavy atom. The van der Waals surface area contributed by atoms with Crippen molar-refractivity contribution in [2.24, 2.45) is 4.99 Å². The van der Waals surface area contributed by atoms with E-state index in [0.29, 0.717) is 5.75 Å². The third kappa shape index (κ3) is 2.85. The van der Waals surface area contributed by atoms with Crippen molar-refractivity contribution >= 4 is 23.8 Å². The minimum atomic E-state index is -0.591. The molecule has 0 bridgehead atoms. The molecule has 3 heterocycles. The number of aromatic amines is 1. The monoisotopic (exact) mass is 403 g/mol. The predicted octanol–water partition coefficient (Wildman–Crippen LogP) is 3.31. The third-order valence-electron chi connectivity index (χ3n) is 5.60. The minimum absolute atomic E-state index is 0.154. The lowest BCUT2D eigenvalue weighted by Gasteiger charge is -2.34. The van der Waals surface area contributed by atoms with Crippen molar-refractivity contribution in [1.82, 2.24) is 20.7 Å². The molecular weight excluding hydrogens is 382 g/mol. The molecule has 2 aromatic rings. The van der Waals surface area contributed by atoms with Crippen LogP contribution >= 0.6 is 0 Å². The molecule has 152 valence electrons. The number of H-pyrrole nitrogens is 1. The van der Waals surface area contributed by atoms with E-state index in [1.807, 2.05) is 36.3 Å². The number of fused-ring (bicyclic) bond motifs is 2. The molecule has 0 radical (unpaired) electrons. The first-order valence-corrected chi connectivity index (χ1v) is 9.64. The summed E-state index contributed by atoms with van der Waals surface area (Å²) in [6.07, 6.45) is 10.1. The first kappa shape index (κ1) is 18.1. The lowest BCUT2D eigenvalue weighted by atomic mass is 9.84. The summed E-state index contributed by atoms with van der Waals surface area (Å²) in [7, 11) is 1.31. The lowest BCUT2D eigenvalue weighted by Crippen LogP contribution is -2.50. The highest BCUT2D eigenvalue weighted by Gasteiger charge is 2.33. The summed E-state index contributed by atoms with van der Waals surface area (Å²) in [6.45, 7) is 1.91. The maximum Gasteiger partial charge on any atom is 0.413 e. The minimum Gasteiger partial charge on any atom is -0.508 e. The van der Waals surface area contributed by atoms with Crippen LogP contribution in [0, 0.1) is 6.92 Å². The van der Waals surface area contributed by atoms with Crippen molar-refractivity contribution in [3.8, 4) is 5.75 Å². The maximum absolute atomic E-state index is 11.6. The van der Waals surface area contributed by atoms with Crippen molar-refractivity contribution in [1.29, 1.82) is 0 Å². The summed E-state index contributed by atoms with van der Waals surface area (Å²) in [5.41, 5.74) is 10.3. The number of phenolic OH excluding ortho intramolecular Hbond substituents is 1. The predicted molar refractivity (Wildman–Crippen MR) is 113 cm³/mol. The van der Waals surface area contributed by atoms with Gasteiger partial charge in [0.15, 0.2) is 0 Å². The number of ether oxygens (including phenoxy) is 1. The average molecular weight is 403 g/mol. The van der Waals surface area contributed by atoms with Gasteiger partial charge in [0.05, 0.1) is 24.7 Å². The van der Waals surface area contributed by atoms with E-state index in [0.717, 1.165) is 45.8 Å². The average Bonchev–Trinajstić information content (AvgIpc) is 3.11. The number of allylic oxidation sites excluding steroid dienone is 2. The van der Waals surface area contributed by atoms with Crippen LogP contribution in [0.4, 0.5) is 4.79 Å². The van der Waals surface area contributed by atoms with Gasteiger partial charge in [0.2, 0.25) is 5.96 Å². The number of methoxy groups -OCH3 is 1. The molecule has 2 aliphatic heterocycles. The fraction of sp³-hybridized carbons (Fsp3) is 0.182. The summed E-state index contributed by atoms with van der Waals surface area (Å²) in [5.74, 6) is 0.745. The highest BCUT2D eigenvalue weighted by molar-refractivity contribution is 5.95. The molecule has 4 N–H and O–H groups in total. The molecule has 5 rings (SSSR count). The fourth-order valence-corrected chi connectivity index (χ4v) is 4.09. The molecular formula is C22H21N5O3. The second kappa shape index (κ2) is 6.84. The molecule has 1 aromatic heterocycles. The van der Waals surface area contributed by atoms with Crippen molar-refractivity contribution in [3.05, 3.63) is 76.4 Å². The number of amides is 1. The number of nitrogens with one attached hydrogen (secondary N) is 3. The Morgan fingerprint density at radius 3 is 3.03 bits per heavy atom. The number of aryl methyl sites for hydroxylation is 1. The van der Waals surface area contributed by atoms with E-state index in [9.17, 15) is 9.90 Å². The summed E-state index contributed by atoms with van der Waals surface area (Å²) < 4.78 is 4.66. The molecule has 0 saturated heterocycles.